The lowest BCUT2D eigenvalue weighted by Crippen LogP contribution is -2.10. The number of benzene rings is 1. The molecule has 9 heteroatoms. The van der Waals surface area contributed by atoms with Gasteiger partial charge in [0.25, 0.3) is 5.91 Å². The average molecular weight is 298 g/mol. The molecule has 0 saturated carbocycles. The summed E-state index contributed by atoms with van der Waals surface area (Å²) in [6, 6.07) is 3.27. The number of fused-ring (bicyclic) bond motifs is 1. The van der Waals surface area contributed by atoms with E-state index in [0.717, 1.165) is 0 Å². The van der Waals surface area contributed by atoms with E-state index < -0.39 is 12.0 Å². The fourth-order valence-electron chi connectivity index (χ4n) is 1.73. The zero-order chi connectivity index (χ0) is 13.6. The molecule has 0 aliphatic carbocycles. The number of tetrazole rings is 1. The molecule has 0 radical (unpaired) electrons. The maximum atomic E-state index is 11.4. The van der Waals surface area contributed by atoms with Crippen LogP contribution in [0, 0.1) is 0 Å². The monoisotopic (exact) mass is 297 g/mol. The fraction of sp³-hybridized carbons (Fsp3) is 0.200. The summed E-state index contributed by atoms with van der Waals surface area (Å²) >= 11 is 7.42. The molecule has 0 bridgehead atoms. The summed E-state index contributed by atoms with van der Waals surface area (Å²) in [6.45, 7) is 0. The van der Waals surface area contributed by atoms with Crippen LogP contribution in [0.15, 0.2) is 22.2 Å². The molecule has 7 nitrogen and oxygen atoms in total. The lowest BCUT2D eigenvalue weighted by Gasteiger charge is -2.06. The van der Waals surface area contributed by atoms with Crippen molar-refractivity contribution in [1.29, 1.82) is 0 Å². The molecule has 1 unspecified atom stereocenters. The number of rotatable bonds is 2. The molecule has 19 heavy (non-hydrogen) atoms. The van der Waals surface area contributed by atoms with Crippen molar-refractivity contribution in [2.75, 3.05) is 5.32 Å². The Balaban J connectivity index is 1.99. The van der Waals surface area contributed by atoms with Gasteiger partial charge in [0.15, 0.2) is 6.10 Å². The largest absolute Gasteiger partial charge is 0.378 e. The predicted molar refractivity (Wildman–Crippen MR) is 68.0 cm³/mol. The molecule has 0 saturated heterocycles. The summed E-state index contributed by atoms with van der Waals surface area (Å²) in [7, 11) is 1.72. The molecule has 2 N–H and O–H groups in total. The zero-order valence-corrected chi connectivity index (χ0v) is 11.2. The van der Waals surface area contributed by atoms with Crippen LogP contribution in [0.25, 0.3) is 0 Å². The first kappa shape index (κ1) is 12.4. The summed E-state index contributed by atoms with van der Waals surface area (Å²) in [4.78, 5) is 12.1. The fourth-order valence-corrected chi connectivity index (χ4v) is 2.79. The third-order valence-electron chi connectivity index (χ3n) is 2.69. The van der Waals surface area contributed by atoms with Gasteiger partial charge in [-0.2, -0.15) is 0 Å². The number of aryl methyl sites for hydroxylation is 1. The van der Waals surface area contributed by atoms with Crippen LogP contribution in [-0.4, -0.2) is 31.2 Å². The SMILES string of the molecule is Cn1nnnc1Sc1cc2c(cc1Cl)C(O)C(=O)N2. The Morgan fingerprint density at radius 3 is 3.00 bits per heavy atom. The van der Waals surface area contributed by atoms with Crippen molar-refractivity contribution in [2.45, 2.75) is 16.2 Å². The highest BCUT2D eigenvalue weighted by Crippen LogP contribution is 2.40. The van der Waals surface area contributed by atoms with E-state index in [2.05, 4.69) is 20.8 Å². The molecule has 3 rings (SSSR count). The van der Waals surface area contributed by atoms with Gasteiger partial charge in [0.1, 0.15) is 0 Å². The minimum atomic E-state index is -1.16. The molecule has 1 atom stereocenters. The van der Waals surface area contributed by atoms with Crippen LogP contribution < -0.4 is 5.32 Å². The Bertz CT molecular complexity index is 674. The quantitative estimate of drug-likeness (QED) is 0.859. The third kappa shape index (κ3) is 2.07. The van der Waals surface area contributed by atoms with Gasteiger partial charge in [-0.1, -0.05) is 11.6 Å². The van der Waals surface area contributed by atoms with Crippen LogP contribution in [0.5, 0.6) is 0 Å². The first-order chi connectivity index (χ1) is 9.06. The first-order valence-electron chi connectivity index (χ1n) is 5.29. The van der Waals surface area contributed by atoms with Crippen LogP contribution in [-0.2, 0) is 11.8 Å². The van der Waals surface area contributed by atoms with E-state index in [1.54, 1.807) is 19.2 Å². The summed E-state index contributed by atoms with van der Waals surface area (Å²) in [5.41, 5.74) is 1.04. The van der Waals surface area contributed by atoms with Gasteiger partial charge in [-0.3, -0.25) is 4.79 Å². The molecular weight excluding hydrogens is 290 g/mol. The number of nitrogens with zero attached hydrogens (tertiary/aromatic N) is 4. The van der Waals surface area contributed by atoms with Crippen molar-refractivity contribution in [3.8, 4) is 0 Å². The van der Waals surface area contributed by atoms with E-state index in [1.807, 2.05) is 0 Å². The maximum Gasteiger partial charge on any atom is 0.257 e. The van der Waals surface area contributed by atoms with Gasteiger partial charge in [0.05, 0.1) is 5.02 Å². The molecule has 0 spiro atoms. The second kappa shape index (κ2) is 4.48. The molecule has 1 aliphatic rings. The number of aliphatic hydroxyl groups is 1. The number of aliphatic hydroxyl groups excluding tert-OH is 1. The molecule has 1 aromatic carbocycles. The van der Waals surface area contributed by atoms with E-state index in [1.165, 1.54) is 16.4 Å². The predicted octanol–water partition coefficient (Wildman–Crippen LogP) is 1.00. The Hall–Kier alpha value is -1.64. The minimum absolute atomic E-state index is 0.433. The number of carbonyl (C=O) groups excluding carboxylic acids is 1. The van der Waals surface area contributed by atoms with E-state index >= 15 is 0 Å². The molecule has 1 aliphatic heterocycles. The highest BCUT2D eigenvalue weighted by atomic mass is 35.5. The maximum absolute atomic E-state index is 11.4. The highest BCUT2D eigenvalue weighted by Gasteiger charge is 2.29. The first-order valence-corrected chi connectivity index (χ1v) is 6.48. The number of hydrogen-bond acceptors (Lipinski definition) is 6. The van der Waals surface area contributed by atoms with E-state index in [0.29, 0.717) is 26.3 Å². The van der Waals surface area contributed by atoms with Gasteiger partial charge >= 0.3 is 0 Å². The number of nitrogens with one attached hydrogen (secondary N) is 1. The minimum Gasteiger partial charge on any atom is -0.378 e. The van der Waals surface area contributed by atoms with Crippen molar-refractivity contribution >= 4 is 35.0 Å². The van der Waals surface area contributed by atoms with Crippen molar-refractivity contribution < 1.29 is 9.90 Å². The summed E-state index contributed by atoms with van der Waals surface area (Å²) in [5, 5.41) is 24.3. The van der Waals surface area contributed by atoms with Crippen molar-refractivity contribution in [2.24, 2.45) is 7.05 Å². The summed E-state index contributed by atoms with van der Waals surface area (Å²) < 4.78 is 1.52. The van der Waals surface area contributed by atoms with Gasteiger partial charge in [-0.05, 0) is 34.3 Å². The number of hydrogen-bond donors (Lipinski definition) is 2. The van der Waals surface area contributed by atoms with Gasteiger partial charge < -0.3 is 10.4 Å². The number of aromatic nitrogens is 4. The molecule has 0 fully saturated rings. The van der Waals surface area contributed by atoms with Crippen LogP contribution in [0.2, 0.25) is 5.02 Å². The van der Waals surface area contributed by atoms with E-state index in [-0.39, 0.29) is 0 Å². The van der Waals surface area contributed by atoms with E-state index in [9.17, 15) is 9.90 Å². The second-order valence-corrected chi connectivity index (χ2v) is 5.37. The Kier molecular flexibility index (Phi) is 2.92. The van der Waals surface area contributed by atoms with Crippen LogP contribution >= 0.6 is 23.4 Å². The number of anilines is 1. The smallest absolute Gasteiger partial charge is 0.257 e. The lowest BCUT2D eigenvalue weighted by atomic mass is 10.1. The molecule has 1 aromatic heterocycles. The topological polar surface area (TPSA) is 92.9 Å². The van der Waals surface area contributed by atoms with Crippen LogP contribution in [0.3, 0.4) is 0 Å². The van der Waals surface area contributed by atoms with E-state index in [4.69, 9.17) is 11.6 Å². The Labute approximate surface area is 116 Å². The van der Waals surface area contributed by atoms with Crippen LogP contribution in [0.4, 0.5) is 5.69 Å². The molecule has 2 heterocycles. The Morgan fingerprint density at radius 1 is 1.53 bits per heavy atom. The van der Waals surface area contributed by atoms with Gasteiger partial charge in [-0.15, -0.1) is 5.10 Å². The number of carbonyl (C=O) groups is 1. The molecular formula is C10H8ClN5O2S. The van der Waals surface area contributed by atoms with Crippen molar-refractivity contribution in [3.05, 3.63) is 22.7 Å². The van der Waals surface area contributed by atoms with Crippen molar-refractivity contribution in [1.82, 2.24) is 20.2 Å². The normalized spacial score (nSPS) is 17.4. The number of amides is 1. The third-order valence-corrected chi connectivity index (χ3v) is 4.20. The van der Waals surface area contributed by atoms with Gasteiger partial charge in [0.2, 0.25) is 5.16 Å². The second-order valence-electron chi connectivity index (χ2n) is 3.95. The molecule has 2 aromatic rings. The lowest BCUT2D eigenvalue weighted by molar-refractivity contribution is -0.123. The Morgan fingerprint density at radius 2 is 2.32 bits per heavy atom. The highest BCUT2D eigenvalue weighted by molar-refractivity contribution is 7.99. The molecule has 98 valence electrons. The molecule has 1 amide bonds. The zero-order valence-electron chi connectivity index (χ0n) is 9.66. The average Bonchev–Trinajstić information content (AvgIpc) is 2.88. The summed E-state index contributed by atoms with van der Waals surface area (Å²) in [6.07, 6.45) is -1.16. The number of halogens is 1. The van der Waals surface area contributed by atoms with Gasteiger partial charge in [0, 0.05) is 23.2 Å². The van der Waals surface area contributed by atoms with Crippen LogP contribution in [0.1, 0.15) is 11.7 Å². The van der Waals surface area contributed by atoms with Crippen molar-refractivity contribution in [3.63, 3.8) is 0 Å². The van der Waals surface area contributed by atoms with Gasteiger partial charge in [-0.25, -0.2) is 4.68 Å². The summed E-state index contributed by atoms with van der Waals surface area (Å²) in [5.74, 6) is -0.450. The standard InChI is InChI=1S/C10H8ClN5O2S/c1-16-10(13-14-15-16)19-7-3-6-4(2-5(7)11)8(17)9(18)12-6/h2-3,8,17H,1H3,(H,12,18).